The second kappa shape index (κ2) is 11.0. The second-order valence-corrected chi connectivity index (χ2v) is 9.88. The van der Waals surface area contributed by atoms with Crippen molar-refractivity contribution >= 4 is 28.3 Å². The van der Waals surface area contributed by atoms with Crippen LogP contribution in [0.1, 0.15) is 40.7 Å². The number of primary amides is 2. The molecule has 2 aromatic carbocycles. The Balaban J connectivity index is 1.51. The van der Waals surface area contributed by atoms with Gasteiger partial charge < -0.3 is 16.2 Å². The summed E-state index contributed by atoms with van der Waals surface area (Å²) in [5.74, 6) is -2.18. The van der Waals surface area contributed by atoms with Gasteiger partial charge in [-0.3, -0.25) is 15.0 Å². The quantitative estimate of drug-likeness (QED) is 0.246. The van der Waals surface area contributed by atoms with Crippen molar-refractivity contribution in [3.63, 3.8) is 0 Å². The summed E-state index contributed by atoms with van der Waals surface area (Å²) in [7, 11) is 0. The first-order chi connectivity index (χ1) is 18.0. The molecule has 1 fully saturated rings. The minimum absolute atomic E-state index is 0.101. The molecular formula is C26H26F4N4O3S. The SMILES string of the molecule is NC(=O)Nc1sc(-c2ccccc2OCCN2CCCCC2(F)c2ccc(C(F)(F)F)cc2)cc1C(N)=O. The number of thiophene rings is 1. The molecule has 4 rings (SSSR count). The molecule has 202 valence electrons. The van der Waals surface area contributed by atoms with Gasteiger partial charge in [0.2, 0.25) is 0 Å². The van der Waals surface area contributed by atoms with E-state index in [9.17, 15) is 22.8 Å². The number of anilines is 1. The summed E-state index contributed by atoms with van der Waals surface area (Å²) < 4.78 is 61.1. The fourth-order valence-electron chi connectivity index (χ4n) is 4.50. The highest BCUT2D eigenvalue weighted by Crippen LogP contribution is 2.41. The molecule has 0 radical (unpaired) electrons. The van der Waals surface area contributed by atoms with Crippen LogP contribution in [0.25, 0.3) is 10.4 Å². The van der Waals surface area contributed by atoms with Crippen molar-refractivity contribution in [1.29, 1.82) is 0 Å². The Labute approximate surface area is 220 Å². The van der Waals surface area contributed by atoms with Crippen LogP contribution in [0.15, 0.2) is 54.6 Å². The number of ether oxygens (including phenoxy) is 1. The molecular weight excluding hydrogens is 524 g/mol. The first-order valence-corrected chi connectivity index (χ1v) is 12.6. The van der Waals surface area contributed by atoms with Gasteiger partial charge in [0.1, 0.15) is 17.4 Å². The normalized spacial score (nSPS) is 18.2. The Morgan fingerprint density at radius 3 is 2.45 bits per heavy atom. The van der Waals surface area contributed by atoms with E-state index >= 15 is 4.39 Å². The molecule has 3 aromatic rings. The predicted molar refractivity (Wildman–Crippen MR) is 137 cm³/mol. The summed E-state index contributed by atoms with van der Waals surface area (Å²) in [5.41, 5.74) is 10.7. The number of hydrogen-bond donors (Lipinski definition) is 3. The van der Waals surface area contributed by atoms with Crippen molar-refractivity contribution < 1.29 is 31.9 Å². The summed E-state index contributed by atoms with van der Waals surface area (Å²) in [5, 5.41) is 2.60. The smallest absolute Gasteiger partial charge is 0.416 e. The molecule has 1 aliphatic rings. The summed E-state index contributed by atoms with van der Waals surface area (Å²) in [4.78, 5) is 25.3. The van der Waals surface area contributed by atoms with Gasteiger partial charge in [-0.15, -0.1) is 11.3 Å². The monoisotopic (exact) mass is 550 g/mol. The average Bonchev–Trinajstić information content (AvgIpc) is 3.28. The number of urea groups is 1. The van der Waals surface area contributed by atoms with E-state index in [1.54, 1.807) is 29.2 Å². The number of likely N-dealkylation sites (tertiary alicyclic amines) is 1. The zero-order valence-electron chi connectivity index (χ0n) is 20.2. The molecule has 7 nitrogen and oxygen atoms in total. The van der Waals surface area contributed by atoms with E-state index in [2.05, 4.69) is 5.32 Å². The molecule has 12 heteroatoms. The number of para-hydroxylation sites is 1. The zero-order valence-corrected chi connectivity index (χ0v) is 21.0. The lowest BCUT2D eigenvalue weighted by molar-refractivity contribution is -0.137. The maximum absolute atomic E-state index is 16.2. The maximum atomic E-state index is 16.2. The number of nitrogens with two attached hydrogens (primary N) is 2. The fraction of sp³-hybridized carbons (Fsp3) is 0.308. The molecule has 0 bridgehead atoms. The number of alkyl halides is 4. The van der Waals surface area contributed by atoms with Crippen LogP contribution < -0.4 is 21.5 Å². The molecule has 38 heavy (non-hydrogen) atoms. The van der Waals surface area contributed by atoms with Gasteiger partial charge in [0.25, 0.3) is 5.91 Å². The van der Waals surface area contributed by atoms with Crippen LogP contribution in [0.2, 0.25) is 0 Å². The maximum Gasteiger partial charge on any atom is 0.416 e. The number of benzene rings is 2. The van der Waals surface area contributed by atoms with E-state index in [0.29, 0.717) is 29.2 Å². The van der Waals surface area contributed by atoms with Gasteiger partial charge in [-0.25, -0.2) is 9.18 Å². The Morgan fingerprint density at radius 2 is 1.79 bits per heavy atom. The highest BCUT2D eigenvalue weighted by molar-refractivity contribution is 7.20. The second-order valence-electron chi connectivity index (χ2n) is 8.83. The van der Waals surface area contributed by atoms with E-state index in [0.717, 1.165) is 29.9 Å². The van der Waals surface area contributed by atoms with E-state index in [4.69, 9.17) is 16.2 Å². The number of piperidine rings is 1. The summed E-state index contributed by atoms with van der Waals surface area (Å²) in [6.07, 6.45) is -2.97. The molecule has 1 aromatic heterocycles. The minimum atomic E-state index is -4.49. The average molecular weight is 551 g/mol. The molecule has 0 spiro atoms. The molecule has 0 aliphatic carbocycles. The largest absolute Gasteiger partial charge is 0.492 e. The van der Waals surface area contributed by atoms with E-state index in [1.807, 2.05) is 0 Å². The number of hydrogen-bond acceptors (Lipinski definition) is 5. The van der Waals surface area contributed by atoms with E-state index < -0.39 is 29.5 Å². The summed E-state index contributed by atoms with van der Waals surface area (Å²) in [6, 6.07) is 11.9. The van der Waals surface area contributed by atoms with Gasteiger partial charge in [-0.05, 0) is 49.6 Å². The van der Waals surface area contributed by atoms with Gasteiger partial charge >= 0.3 is 12.2 Å². The van der Waals surface area contributed by atoms with Gasteiger partial charge in [0, 0.05) is 29.1 Å². The zero-order chi connectivity index (χ0) is 27.5. The number of amides is 3. The van der Waals surface area contributed by atoms with Crippen LogP contribution >= 0.6 is 11.3 Å². The van der Waals surface area contributed by atoms with Gasteiger partial charge in [-0.1, -0.05) is 24.3 Å². The third kappa shape index (κ3) is 5.91. The molecule has 2 heterocycles. The van der Waals surface area contributed by atoms with Crippen molar-refractivity contribution in [2.45, 2.75) is 31.2 Å². The lowest BCUT2D eigenvalue weighted by atomic mass is 9.92. The Hall–Kier alpha value is -3.64. The standard InChI is InChI=1S/C26H26F4N4O3S/c27-25(16-7-9-17(10-8-16)26(28,29)30)11-3-4-12-34(25)13-14-37-20-6-2-1-5-18(20)21-15-19(22(31)35)23(38-21)33-24(32)36/h1-2,5-10,15H,3-4,11-14H2,(H2,31,35)(H3,32,33,36). The van der Waals surface area contributed by atoms with Crippen molar-refractivity contribution in [2.75, 3.05) is 25.0 Å². The number of nitrogens with zero attached hydrogens (tertiary/aromatic N) is 1. The third-order valence-corrected chi connectivity index (χ3v) is 7.43. The number of nitrogens with one attached hydrogen (secondary N) is 1. The van der Waals surface area contributed by atoms with Gasteiger partial charge in [-0.2, -0.15) is 13.2 Å². The first-order valence-electron chi connectivity index (χ1n) is 11.8. The fourth-order valence-corrected chi connectivity index (χ4v) is 5.60. The summed E-state index contributed by atoms with van der Waals surface area (Å²) >= 11 is 1.10. The third-order valence-electron chi connectivity index (χ3n) is 6.35. The summed E-state index contributed by atoms with van der Waals surface area (Å²) in [6.45, 7) is 0.721. The van der Waals surface area contributed by atoms with Crippen LogP contribution in [0.3, 0.4) is 0 Å². The Kier molecular flexibility index (Phi) is 7.93. The van der Waals surface area contributed by atoms with Gasteiger partial charge in [0.05, 0.1) is 11.1 Å². The highest BCUT2D eigenvalue weighted by Gasteiger charge is 2.41. The molecule has 1 aliphatic heterocycles. The van der Waals surface area contributed by atoms with Crippen LogP contribution in [0, 0.1) is 0 Å². The molecule has 1 atom stereocenters. The van der Waals surface area contributed by atoms with Gasteiger partial charge in [0.15, 0.2) is 5.79 Å². The van der Waals surface area contributed by atoms with Crippen molar-refractivity contribution in [2.24, 2.45) is 11.5 Å². The Bertz CT molecular complexity index is 1310. The number of carbonyl (C=O) groups is 2. The van der Waals surface area contributed by atoms with Crippen LogP contribution in [-0.2, 0) is 12.0 Å². The van der Waals surface area contributed by atoms with Crippen molar-refractivity contribution in [3.05, 3.63) is 71.3 Å². The van der Waals surface area contributed by atoms with E-state index in [-0.39, 0.29) is 35.7 Å². The number of halogens is 4. The molecule has 0 saturated carbocycles. The van der Waals surface area contributed by atoms with Crippen LogP contribution in [0.5, 0.6) is 5.75 Å². The van der Waals surface area contributed by atoms with Crippen molar-refractivity contribution in [3.8, 4) is 16.2 Å². The first kappa shape index (κ1) is 27.4. The number of rotatable bonds is 8. The predicted octanol–water partition coefficient (Wildman–Crippen LogP) is 5.71. The molecule has 1 unspecified atom stereocenters. The topological polar surface area (TPSA) is 111 Å². The van der Waals surface area contributed by atoms with Crippen LogP contribution in [0.4, 0.5) is 27.4 Å². The number of carbonyl (C=O) groups excluding carboxylic acids is 2. The Morgan fingerprint density at radius 1 is 1.08 bits per heavy atom. The lowest BCUT2D eigenvalue weighted by Crippen LogP contribution is -2.48. The molecule has 5 N–H and O–H groups in total. The lowest BCUT2D eigenvalue weighted by Gasteiger charge is -2.41. The molecule has 1 saturated heterocycles. The van der Waals surface area contributed by atoms with Crippen molar-refractivity contribution in [1.82, 2.24) is 4.90 Å². The molecule has 3 amide bonds. The van der Waals surface area contributed by atoms with E-state index in [1.165, 1.54) is 18.2 Å². The highest BCUT2D eigenvalue weighted by atomic mass is 32.1. The van der Waals surface area contributed by atoms with Crippen LogP contribution in [-0.4, -0.2) is 36.5 Å². The minimum Gasteiger partial charge on any atom is -0.492 e.